The molecule has 51 heavy (non-hydrogen) atoms. The van der Waals surface area contributed by atoms with Crippen molar-refractivity contribution in [2.45, 2.75) is 96.6 Å². The predicted molar refractivity (Wildman–Crippen MR) is 205 cm³/mol. The number of aromatic hydroxyl groups is 1. The first-order chi connectivity index (χ1) is 25.0. The van der Waals surface area contributed by atoms with Gasteiger partial charge < -0.3 is 14.7 Å². The number of phenolic OH excluding ortho intramolecular Hbond substituents is 1. The van der Waals surface area contributed by atoms with Gasteiger partial charge in [-0.3, -0.25) is 0 Å². The molecule has 6 unspecified atom stereocenters. The van der Waals surface area contributed by atoms with Gasteiger partial charge in [0.1, 0.15) is 11.3 Å². The Hall–Kier alpha value is -3.68. The molecule has 0 aliphatic heterocycles. The number of fused-ring (bicyclic) bond motifs is 11. The number of rotatable bonds is 1. The molecule has 0 amide bonds. The molecule has 2 saturated carbocycles. The molecular weight excluding hydrogens is 647 g/mol. The van der Waals surface area contributed by atoms with Crippen molar-refractivity contribution in [3.05, 3.63) is 107 Å². The Morgan fingerprint density at radius 2 is 1.43 bits per heavy atom. The van der Waals surface area contributed by atoms with Gasteiger partial charge in [-0.05, 0) is 163 Å². The molecule has 266 valence electrons. The number of para-hydroxylation sites is 1. The van der Waals surface area contributed by atoms with Crippen LogP contribution in [0.25, 0.3) is 16.7 Å². The molecule has 0 bridgehead atoms. The number of hydrogen-bond donors (Lipinski definition) is 2. The number of aryl methyl sites for hydroxylation is 2. The van der Waals surface area contributed by atoms with Crippen molar-refractivity contribution >= 4 is 20.4 Å². The second kappa shape index (κ2) is 13.4. The molecule has 4 aromatic rings. The standard InChI is InChI=1S/C25H27N3.C18H22O2.CH4OSi/c1-16-7-12-22-21-10-8-17-15-18(28-24-6-4-3-5-23(24)26-27-28)9-11-19(17)20(21)13-14-25(16,22)2;1-18-9-8-14-13-5-3-12(19)10-11(13)2-4-15(14)16(18)6-7-17(18)20;1-3-2/h3-7,9,11-12,15-16,20-22H,8,10,13-14H2,1-2H3;3,5-7,10,14-17,19-20H,2,4,8-9H2,1H3;3H,1H3/t16-,20?,21?,22?,25+;14?,15?,16?,17-,18-;/m00./s1/i;;3D. The zero-order valence-corrected chi connectivity index (χ0v) is 31.5. The first-order valence-electron chi connectivity index (χ1n) is 19.8. The van der Waals surface area contributed by atoms with Gasteiger partial charge in [-0.1, -0.05) is 74.6 Å². The van der Waals surface area contributed by atoms with Gasteiger partial charge >= 0.3 is 0 Å². The van der Waals surface area contributed by atoms with Crippen LogP contribution in [-0.4, -0.2) is 41.9 Å². The number of nitrogens with zero attached hydrogens (tertiary/aromatic N) is 3. The summed E-state index contributed by atoms with van der Waals surface area (Å²) in [4.78, 5) is 0. The quantitative estimate of drug-likeness (QED) is 0.153. The Morgan fingerprint density at radius 3 is 2.16 bits per heavy atom. The SMILES string of the molecule is C[C@H]1C=CC2C3CCc4cc(-n5nnc6ccccc65)ccc4C3CC[C@@]21C.C[C@]12CCC3c4ccc(O)cc4CCC3C1C=C[C@@H]2O.[2H][Si](C)=O. The number of aliphatic hydroxyl groups excluding tert-OH is 1. The van der Waals surface area contributed by atoms with Crippen LogP contribution in [0.15, 0.2) is 85.0 Å². The van der Waals surface area contributed by atoms with E-state index in [1.165, 1.54) is 55.3 Å². The number of benzene rings is 3. The third-order valence-electron chi connectivity index (χ3n) is 14.4. The second-order valence-electron chi connectivity index (χ2n) is 16.7. The Kier molecular flexibility index (Phi) is 8.70. The fourth-order valence-corrected chi connectivity index (χ4v) is 11.4. The monoisotopic (exact) mass is 700 g/mol. The van der Waals surface area contributed by atoms with E-state index in [1.807, 2.05) is 35.0 Å². The molecule has 6 aliphatic rings. The molecule has 1 heterocycles. The highest BCUT2D eigenvalue weighted by molar-refractivity contribution is 6.14. The van der Waals surface area contributed by atoms with Gasteiger partial charge in [-0.25, -0.2) is 4.68 Å². The minimum Gasteiger partial charge on any atom is -0.508 e. The lowest BCUT2D eigenvalue weighted by atomic mass is 9.54. The zero-order chi connectivity index (χ0) is 36.4. The van der Waals surface area contributed by atoms with E-state index in [4.69, 9.17) is 1.23 Å². The largest absolute Gasteiger partial charge is 0.508 e. The first kappa shape index (κ1) is 33.2. The lowest BCUT2D eigenvalue weighted by molar-refractivity contribution is -0.0101. The van der Waals surface area contributed by atoms with Crippen molar-refractivity contribution in [1.29, 1.82) is 1.23 Å². The van der Waals surface area contributed by atoms with Crippen LogP contribution >= 0.6 is 0 Å². The number of hydrogen-bond acceptors (Lipinski definition) is 5. The van der Waals surface area contributed by atoms with E-state index >= 15 is 0 Å². The summed E-state index contributed by atoms with van der Waals surface area (Å²) in [6, 6.07) is 21.1. The van der Waals surface area contributed by atoms with Gasteiger partial charge in [-0.15, -0.1) is 5.10 Å². The number of allylic oxidation sites excluding steroid dienone is 3. The molecule has 7 heteroatoms. The van der Waals surface area contributed by atoms with Crippen molar-refractivity contribution < 1.29 is 14.7 Å². The van der Waals surface area contributed by atoms with Crippen LogP contribution in [0.5, 0.6) is 5.75 Å². The lowest BCUT2D eigenvalue weighted by Crippen LogP contribution is -2.44. The van der Waals surface area contributed by atoms with Crippen LogP contribution < -0.4 is 0 Å². The summed E-state index contributed by atoms with van der Waals surface area (Å²) < 4.78 is 17.4. The molecule has 0 spiro atoms. The van der Waals surface area contributed by atoms with Gasteiger partial charge in [0.05, 0.1) is 18.5 Å². The van der Waals surface area contributed by atoms with Crippen molar-refractivity contribution in [2.24, 2.45) is 40.4 Å². The van der Waals surface area contributed by atoms with Crippen molar-refractivity contribution in [1.82, 2.24) is 15.0 Å². The minimum atomic E-state index is -1.88. The highest BCUT2D eigenvalue weighted by Crippen LogP contribution is 2.61. The van der Waals surface area contributed by atoms with E-state index in [0.717, 1.165) is 59.7 Å². The Balaban J connectivity index is 0.000000141. The van der Waals surface area contributed by atoms with E-state index < -0.39 is 9.34 Å². The average molecular weight is 701 g/mol. The van der Waals surface area contributed by atoms with E-state index in [9.17, 15) is 14.7 Å². The molecule has 6 aliphatic carbocycles. The van der Waals surface area contributed by atoms with Gasteiger partial charge in [0.25, 0.3) is 9.34 Å². The molecule has 10 atom stereocenters. The average Bonchev–Trinajstić information content (AvgIpc) is 3.80. The molecule has 0 saturated heterocycles. The highest BCUT2D eigenvalue weighted by Gasteiger charge is 2.53. The fraction of sp³-hybridized carbons (Fsp3) is 0.500. The van der Waals surface area contributed by atoms with Crippen LogP contribution in [0.3, 0.4) is 0 Å². The molecule has 2 fully saturated rings. The van der Waals surface area contributed by atoms with Crippen molar-refractivity contribution in [3.63, 3.8) is 0 Å². The van der Waals surface area contributed by atoms with E-state index in [-0.39, 0.29) is 11.5 Å². The van der Waals surface area contributed by atoms with Crippen LogP contribution in [-0.2, 0) is 17.3 Å². The smallest absolute Gasteiger partial charge is 0.257 e. The molecular formula is C44H53N3O3Si. The van der Waals surface area contributed by atoms with Crippen LogP contribution in [0.1, 0.15) is 93.4 Å². The summed E-state index contributed by atoms with van der Waals surface area (Å²) in [5, 5.41) is 28.7. The van der Waals surface area contributed by atoms with Crippen LogP contribution in [0.4, 0.5) is 0 Å². The van der Waals surface area contributed by atoms with Gasteiger partial charge in [0.2, 0.25) is 0 Å². The topological polar surface area (TPSA) is 88.2 Å². The first-order valence-corrected chi connectivity index (χ1v) is 20.7. The summed E-state index contributed by atoms with van der Waals surface area (Å²) in [6.45, 7) is 8.59. The van der Waals surface area contributed by atoms with E-state index in [0.29, 0.717) is 28.9 Å². The summed E-state index contributed by atoms with van der Waals surface area (Å²) >= 11 is 0. The maximum atomic E-state index is 10.3. The Labute approximate surface area is 306 Å². The van der Waals surface area contributed by atoms with Gasteiger partial charge in [0, 0.05) is 5.41 Å². The number of aliphatic hydroxyl groups is 1. The fourth-order valence-electron chi connectivity index (χ4n) is 11.4. The highest BCUT2D eigenvalue weighted by atomic mass is 28.2. The lowest BCUT2D eigenvalue weighted by Gasteiger charge is -2.50. The van der Waals surface area contributed by atoms with Crippen LogP contribution in [0, 0.1) is 40.4 Å². The third kappa shape index (κ3) is 5.70. The van der Waals surface area contributed by atoms with Gasteiger partial charge in [-0.2, -0.15) is 0 Å². The summed E-state index contributed by atoms with van der Waals surface area (Å²) in [5.41, 5.74) is 9.60. The maximum Gasteiger partial charge on any atom is 0.257 e. The summed E-state index contributed by atoms with van der Waals surface area (Å²) in [7, 11) is -1.88. The predicted octanol–water partition coefficient (Wildman–Crippen LogP) is 8.89. The number of aromatic nitrogens is 3. The van der Waals surface area contributed by atoms with Crippen LogP contribution in [0.2, 0.25) is 6.55 Å². The summed E-state index contributed by atoms with van der Waals surface area (Å²) in [5.74, 6) is 5.17. The molecule has 6 nitrogen and oxygen atoms in total. The third-order valence-corrected chi connectivity index (χ3v) is 14.4. The molecule has 0 radical (unpaired) electrons. The molecule has 3 aromatic carbocycles. The molecule has 10 rings (SSSR count). The Morgan fingerprint density at radius 1 is 0.824 bits per heavy atom. The van der Waals surface area contributed by atoms with Crippen molar-refractivity contribution in [2.75, 3.05) is 0 Å². The van der Waals surface area contributed by atoms with E-state index in [1.54, 1.807) is 5.56 Å². The Bertz CT molecular complexity index is 2060. The minimum absolute atomic E-state index is 0.0512. The van der Waals surface area contributed by atoms with Crippen molar-refractivity contribution in [3.8, 4) is 11.4 Å². The van der Waals surface area contributed by atoms with E-state index in [2.05, 4.69) is 85.7 Å². The second-order valence-corrected chi connectivity index (χ2v) is 17.1. The van der Waals surface area contributed by atoms with Gasteiger partial charge in [0.15, 0.2) is 0 Å². The molecule has 2 N–H and O–H groups in total. The number of phenols is 1. The normalized spacial score (nSPS) is 35.4. The summed E-state index contributed by atoms with van der Waals surface area (Å²) in [6.07, 6.45) is 18.7. The molecule has 1 aromatic heterocycles. The zero-order valence-electron chi connectivity index (χ0n) is 31.5. The maximum absolute atomic E-state index is 10.3.